The zero-order valence-corrected chi connectivity index (χ0v) is 15.6. The Hall–Kier alpha value is -3.21. The lowest BCUT2D eigenvalue weighted by atomic mass is 10.1. The van der Waals surface area contributed by atoms with Crippen LogP contribution < -0.4 is 0 Å². The van der Waals surface area contributed by atoms with Crippen LogP contribution in [0.2, 0.25) is 0 Å². The third kappa shape index (κ3) is 4.70. The molecule has 2 aromatic rings. The fourth-order valence-corrected chi connectivity index (χ4v) is 2.51. The van der Waals surface area contributed by atoms with Crippen LogP contribution in [0.3, 0.4) is 0 Å². The summed E-state index contributed by atoms with van der Waals surface area (Å²) in [6.07, 6.45) is 1.63. The summed E-state index contributed by atoms with van der Waals surface area (Å²) >= 11 is 0. The molecule has 1 aliphatic heterocycles. The normalized spacial score (nSPS) is 15.0. The number of ether oxygens (including phenoxy) is 2. The van der Waals surface area contributed by atoms with Crippen molar-refractivity contribution in [2.24, 2.45) is 10.9 Å². The van der Waals surface area contributed by atoms with E-state index in [-0.39, 0.29) is 17.6 Å². The van der Waals surface area contributed by atoms with Gasteiger partial charge in [0.25, 0.3) is 0 Å². The number of carbonyl (C=O) groups is 2. The first-order valence-electron chi connectivity index (χ1n) is 8.79. The van der Waals surface area contributed by atoms with Gasteiger partial charge in [0.15, 0.2) is 5.70 Å². The predicted molar refractivity (Wildman–Crippen MR) is 103 cm³/mol. The van der Waals surface area contributed by atoms with Gasteiger partial charge in [0.05, 0.1) is 12.2 Å². The van der Waals surface area contributed by atoms with Gasteiger partial charge in [0.2, 0.25) is 5.90 Å². The van der Waals surface area contributed by atoms with Gasteiger partial charge in [-0.15, -0.1) is 0 Å². The Balaban J connectivity index is 1.76. The Labute approximate surface area is 158 Å². The lowest BCUT2D eigenvalue weighted by Crippen LogP contribution is -2.10. The van der Waals surface area contributed by atoms with Crippen molar-refractivity contribution in [1.29, 1.82) is 0 Å². The van der Waals surface area contributed by atoms with Crippen molar-refractivity contribution in [3.8, 4) is 0 Å². The molecule has 1 aliphatic rings. The highest BCUT2D eigenvalue weighted by Crippen LogP contribution is 2.20. The maximum Gasteiger partial charge on any atom is 0.363 e. The second kappa shape index (κ2) is 7.99. The van der Waals surface area contributed by atoms with Crippen molar-refractivity contribution >= 4 is 23.9 Å². The molecule has 2 aromatic carbocycles. The Kier molecular flexibility index (Phi) is 5.50. The van der Waals surface area contributed by atoms with Gasteiger partial charge in [-0.25, -0.2) is 14.6 Å². The molecule has 0 unspecified atom stereocenters. The summed E-state index contributed by atoms with van der Waals surface area (Å²) in [4.78, 5) is 28.3. The molecule has 0 fully saturated rings. The lowest BCUT2D eigenvalue weighted by Gasteiger charge is -2.07. The number of aryl methyl sites for hydroxylation is 1. The van der Waals surface area contributed by atoms with Crippen LogP contribution in [0.5, 0.6) is 0 Å². The number of hydrogen-bond acceptors (Lipinski definition) is 5. The first-order chi connectivity index (χ1) is 12.9. The highest BCUT2D eigenvalue weighted by Gasteiger charge is 2.24. The molecule has 0 radical (unpaired) electrons. The Morgan fingerprint density at radius 1 is 1.19 bits per heavy atom. The molecule has 5 nitrogen and oxygen atoms in total. The number of aliphatic imine (C=N–C) groups is 1. The van der Waals surface area contributed by atoms with E-state index < -0.39 is 5.97 Å². The number of hydrogen-bond donors (Lipinski definition) is 0. The summed E-state index contributed by atoms with van der Waals surface area (Å²) in [5, 5.41) is 0. The van der Waals surface area contributed by atoms with Crippen molar-refractivity contribution in [2.75, 3.05) is 6.61 Å². The summed E-state index contributed by atoms with van der Waals surface area (Å²) in [7, 11) is 0. The van der Waals surface area contributed by atoms with Gasteiger partial charge < -0.3 is 9.47 Å². The molecule has 0 aromatic heterocycles. The highest BCUT2D eigenvalue weighted by atomic mass is 16.6. The van der Waals surface area contributed by atoms with Gasteiger partial charge in [-0.2, -0.15) is 0 Å². The fourth-order valence-electron chi connectivity index (χ4n) is 2.51. The second-order valence-corrected chi connectivity index (χ2v) is 6.82. The van der Waals surface area contributed by atoms with Gasteiger partial charge in [-0.05, 0) is 48.7 Å². The first-order valence-corrected chi connectivity index (χ1v) is 8.79. The molecule has 1 heterocycles. The van der Waals surface area contributed by atoms with E-state index in [9.17, 15) is 9.59 Å². The van der Waals surface area contributed by atoms with Crippen molar-refractivity contribution in [3.63, 3.8) is 0 Å². The molecule has 0 saturated carbocycles. The minimum Gasteiger partial charge on any atom is -0.462 e. The van der Waals surface area contributed by atoms with Crippen LogP contribution in [-0.4, -0.2) is 24.4 Å². The third-order valence-electron chi connectivity index (χ3n) is 3.88. The van der Waals surface area contributed by atoms with E-state index in [2.05, 4.69) is 4.99 Å². The molecular formula is C22H21NO4. The summed E-state index contributed by atoms with van der Waals surface area (Å²) in [5.41, 5.74) is 3.26. The van der Waals surface area contributed by atoms with Crippen LogP contribution in [0.4, 0.5) is 0 Å². The molecule has 0 saturated heterocycles. The van der Waals surface area contributed by atoms with E-state index in [0.29, 0.717) is 18.1 Å². The van der Waals surface area contributed by atoms with Gasteiger partial charge >= 0.3 is 11.9 Å². The number of benzene rings is 2. The average Bonchev–Trinajstić information content (AvgIpc) is 3.01. The van der Waals surface area contributed by atoms with Crippen molar-refractivity contribution < 1.29 is 19.1 Å². The number of cyclic esters (lactones) is 1. The molecule has 27 heavy (non-hydrogen) atoms. The van der Waals surface area contributed by atoms with Gasteiger partial charge in [-0.3, -0.25) is 0 Å². The molecule has 0 spiro atoms. The van der Waals surface area contributed by atoms with E-state index in [1.807, 2.05) is 45.0 Å². The van der Waals surface area contributed by atoms with Crippen LogP contribution in [0.25, 0.3) is 6.08 Å². The third-order valence-corrected chi connectivity index (χ3v) is 3.88. The smallest absolute Gasteiger partial charge is 0.363 e. The molecule has 3 rings (SSSR count). The fraction of sp³-hybridized carbons (Fsp3) is 0.227. The Morgan fingerprint density at radius 2 is 1.93 bits per heavy atom. The van der Waals surface area contributed by atoms with E-state index in [1.54, 1.807) is 30.3 Å². The highest BCUT2D eigenvalue weighted by molar-refractivity contribution is 6.12. The molecule has 0 atom stereocenters. The van der Waals surface area contributed by atoms with Gasteiger partial charge in [0, 0.05) is 5.56 Å². The minimum absolute atomic E-state index is 0.224. The standard InChI is InChI=1S/C22H21NO4/c1-14(2)13-26-21(24)17-9-7-16(8-10-17)12-19-22(25)27-20(23-19)18-6-4-5-15(3)11-18/h4-12,14H,13H2,1-3H3/b19-12-. The summed E-state index contributed by atoms with van der Waals surface area (Å²) in [6.45, 7) is 6.31. The lowest BCUT2D eigenvalue weighted by molar-refractivity contribution is -0.129. The van der Waals surface area contributed by atoms with E-state index in [1.165, 1.54) is 0 Å². The summed E-state index contributed by atoms with van der Waals surface area (Å²) < 4.78 is 10.5. The van der Waals surface area contributed by atoms with Gasteiger partial charge in [-0.1, -0.05) is 43.7 Å². The van der Waals surface area contributed by atoms with Crippen molar-refractivity contribution in [1.82, 2.24) is 0 Å². The maximum absolute atomic E-state index is 12.1. The molecule has 0 N–H and O–H groups in total. The second-order valence-electron chi connectivity index (χ2n) is 6.82. The number of nitrogens with zero attached hydrogens (tertiary/aromatic N) is 1. The Bertz CT molecular complexity index is 924. The van der Waals surface area contributed by atoms with Gasteiger partial charge in [0.1, 0.15) is 0 Å². The van der Waals surface area contributed by atoms with Crippen LogP contribution in [0, 0.1) is 12.8 Å². The molecular weight excluding hydrogens is 342 g/mol. The largest absolute Gasteiger partial charge is 0.462 e. The van der Waals surface area contributed by atoms with E-state index >= 15 is 0 Å². The minimum atomic E-state index is -0.494. The predicted octanol–water partition coefficient (Wildman–Crippen LogP) is 4.15. The summed E-state index contributed by atoms with van der Waals surface area (Å²) in [6, 6.07) is 14.4. The maximum atomic E-state index is 12.1. The quantitative estimate of drug-likeness (QED) is 0.591. The number of rotatable bonds is 5. The number of carbonyl (C=O) groups excluding carboxylic acids is 2. The number of esters is 2. The van der Waals surface area contributed by atoms with Crippen LogP contribution in [0.15, 0.2) is 59.2 Å². The molecule has 5 heteroatoms. The van der Waals surface area contributed by atoms with Crippen LogP contribution in [0.1, 0.15) is 40.9 Å². The zero-order chi connectivity index (χ0) is 19.4. The average molecular weight is 363 g/mol. The molecule has 0 amide bonds. The SMILES string of the molecule is Cc1cccc(C2=N/C(=C\c3ccc(C(=O)OCC(C)C)cc3)C(=O)O2)c1. The van der Waals surface area contributed by atoms with Crippen LogP contribution in [-0.2, 0) is 14.3 Å². The van der Waals surface area contributed by atoms with Crippen molar-refractivity contribution in [2.45, 2.75) is 20.8 Å². The van der Waals surface area contributed by atoms with Crippen molar-refractivity contribution in [3.05, 3.63) is 76.5 Å². The van der Waals surface area contributed by atoms with Crippen LogP contribution >= 0.6 is 0 Å². The first kappa shape index (κ1) is 18.6. The monoisotopic (exact) mass is 363 g/mol. The Morgan fingerprint density at radius 3 is 2.59 bits per heavy atom. The molecule has 138 valence electrons. The zero-order valence-electron chi connectivity index (χ0n) is 15.6. The van der Waals surface area contributed by atoms with E-state index in [4.69, 9.17) is 9.47 Å². The topological polar surface area (TPSA) is 65.0 Å². The molecule has 0 bridgehead atoms. The van der Waals surface area contributed by atoms with E-state index in [0.717, 1.165) is 16.7 Å². The molecule has 0 aliphatic carbocycles. The summed E-state index contributed by atoms with van der Waals surface area (Å²) in [5.74, 6) is -0.273.